The number of hydrogen-bond donors (Lipinski definition) is 1. The topological polar surface area (TPSA) is 68.0 Å². The molecule has 0 unspecified atom stereocenters. The molecule has 0 aliphatic carbocycles. The molecule has 1 amide bonds. The number of amides is 1. The van der Waals surface area contributed by atoms with Crippen LogP contribution in [0.25, 0.3) is 12.2 Å². The highest BCUT2D eigenvalue weighted by atomic mass is 32.1. The second-order valence-corrected chi connectivity index (χ2v) is 7.16. The zero-order valence-electron chi connectivity index (χ0n) is 15.0. The molecule has 0 aliphatic heterocycles. The first kappa shape index (κ1) is 18.4. The number of carbonyl (C=O) groups excluding carboxylic acids is 1. The van der Waals surface area contributed by atoms with Crippen molar-refractivity contribution < 1.29 is 9.32 Å². The van der Waals surface area contributed by atoms with Gasteiger partial charge in [-0.05, 0) is 52.7 Å². The van der Waals surface area contributed by atoms with Gasteiger partial charge in [0.05, 0.1) is 11.4 Å². The van der Waals surface area contributed by atoms with E-state index >= 15 is 0 Å². The van der Waals surface area contributed by atoms with E-state index in [-0.39, 0.29) is 11.9 Å². The van der Waals surface area contributed by atoms with Crippen LogP contribution in [0, 0.1) is 13.8 Å². The number of carbonyl (C=O) groups is 1. The summed E-state index contributed by atoms with van der Waals surface area (Å²) in [5, 5.41) is 7.86. The van der Waals surface area contributed by atoms with Gasteiger partial charge in [-0.3, -0.25) is 4.79 Å². The fourth-order valence-electron chi connectivity index (χ4n) is 2.34. The van der Waals surface area contributed by atoms with Crippen LogP contribution in [0.3, 0.4) is 0 Å². The molecule has 5 nitrogen and oxygen atoms in total. The summed E-state index contributed by atoms with van der Waals surface area (Å²) in [7, 11) is 0. The summed E-state index contributed by atoms with van der Waals surface area (Å²) >= 11 is 1.40. The average molecular weight is 347 g/mol. The van der Waals surface area contributed by atoms with Gasteiger partial charge >= 0.3 is 0 Å². The van der Waals surface area contributed by atoms with Gasteiger partial charge in [0.15, 0.2) is 0 Å². The van der Waals surface area contributed by atoms with E-state index in [0.29, 0.717) is 4.88 Å². The van der Waals surface area contributed by atoms with E-state index < -0.39 is 0 Å². The third-order valence-electron chi connectivity index (χ3n) is 3.58. The molecule has 0 aromatic carbocycles. The van der Waals surface area contributed by atoms with Crippen LogP contribution in [-0.2, 0) is 6.42 Å². The van der Waals surface area contributed by atoms with Crippen LogP contribution in [-0.4, -0.2) is 22.1 Å². The zero-order chi connectivity index (χ0) is 17.7. The summed E-state index contributed by atoms with van der Waals surface area (Å²) in [6.07, 6.45) is 7.03. The lowest BCUT2D eigenvalue weighted by Gasteiger charge is -2.06. The Morgan fingerprint density at radius 3 is 2.75 bits per heavy atom. The number of thiazole rings is 1. The highest BCUT2D eigenvalue weighted by molar-refractivity contribution is 7.14. The summed E-state index contributed by atoms with van der Waals surface area (Å²) < 4.78 is 5.31. The average Bonchev–Trinajstić information content (AvgIpc) is 3.05. The third-order valence-corrected chi connectivity index (χ3v) is 4.70. The lowest BCUT2D eigenvalue weighted by molar-refractivity contribution is 0.0946. The van der Waals surface area contributed by atoms with Crippen LogP contribution < -0.4 is 5.32 Å². The first-order valence-corrected chi connectivity index (χ1v) is 9.15. The van der Waals surface area contributed by atoms with Gasteiger partial charge in [0, 0.05) is 11.6 Å². The monoisotopic (exact) mass is 347 g/mol. The first-order valence-electron chi connectivity index (χ1n) is 8.33. The lowest BCUT2D eigenvalue weighted by Crippen LogP contribution is -2.29. The Balaban J connectivity index is 2.18. The molecule has 0 fully saturated rings. The number of aromatic nitrogens is 2. The van der Waals surface area contributed by atoms with Gasteiger partial charge < -0.3 is 9.84 Å². The molecule has 0 spiro atoms. The zero-order valence-corrected chi connectivity index (χ0v) is 15.8. The molecule has 0 aliphatic rings. The molecule has 0 atom stereocenters. The van der Waals surface area contributed by atoms with Crippen molar-refractivity contribution in [2.75, 3.05) is 0 Å². The molecule has 0 saturated heterocycles. The summed E-state index contributed by atoms with van der Waals surface area (Å²) in [4.78, 5) is 17.3. The van der Waals surface area contributed by atoms with Gasteiger partial charge in [-0.2, -0.15) is 0 Å². The first-order chi connectivity index (χ1) is 11.4. The van der Waals surface area contributed by atoms with Gasteiger partial charge in [0.2, 0.25) is 0 Å². The molecule has 2 rings (SSSR count). The van der Waals surface area contributed by atoms with Crippen LogP contribution in [0.15, 0.2) is 4.52 Å². The molecular weight excluding hydrogens is 322 g/mol. The third kappa shape index (κ3) is 4.54. The maximum absolute atomic E-state index is 12.2. The fraction of sp³-hybridized carbons (Fsp3) is 0.500. The maximum Gasteiger partial charge on any atom is 0.263 e. The van der Waals surface area contributed by atoms with E-state index in [0.717, 1.165) is 47.0 Å². The Morgan fingerprint density at radius 2 is 2.08 bits per heavy atom. The van der Waals surface area contributed by atoms with Crippen molar-refractivity contribution in [1.29, 1.82) is 0 Å². The molecule has 2 aromatic rings. The molecule has 130 valence electrons. The van der Waals surface area contributed by atoms with Crippen LogP contribution in [0.4, 0.5) is 0 Å². The van der Waals surface area contributed by atoms with Gasteiger partial charge in [-0.25, -0.2) is 4.98 Å². The van der Waals surface area contributed by atoms with Crippen LogP contribution >= 0.6 is 11.3 Å². The molecule has 0 saturated carbocycles. The number of unbranched alkanes of at least 4 members (excludes halogenated alkanes) is 1. The minimum Gasteiger partial charge on any atom is -0.361 e. The van der Waals surface area contributed by atoms with E-state index in [2.05, 4.69) is 22.4 Å². The van der Waals surface area contributed by atoms with Crippen molar-refractivity contribution in [3.8, 4) is 0 Å². The molecule has 1 N–H and O–H groups in total. The number of hydrogen-bond acceptors (Lipinski definition) is 5. The van der Waals surface area contributed by atoms with E-state index in [4.69, 9.17) is 4.52 Å². The normalized spacial score (nSPS) is 11.6. The summed E-state index contributed by atoms with van der Waals surface area (Å²) in [5.41, 5.74) is 2.76. The van der Waals surface area contributed by atoms with E-state index in [9.17, 15) is 4.79 Å². The van der Waals surface area contributed by atoms with Crippen LogP contribution in [0.2, 0.25) is 0 Å². The summed E-state index contributed by atoms with van der Waals surface area (Å²) in [5.74, 6) is 0.743. The molecule has 24 heavy (non-hydrogen) atoms. The molecule has 6 heteroatoms. The predicted molar refractivity (Wildman–Crippen MR) is 98.2 cm³/mol. The Labute approximate surface area is 147 Å². The number of aryl methyl sites for hydroxylation is 3. The highest BCUT2D eigenvalue weighted by Crippen LogP contribution is 2.23. The lowest BCUT2D eigenvalue weighted by atomic mass is 10.1. The molecular formula is C18H25N3O2S. The predicted octanol–water partition coefficient (Wildman–Crippen LogP) is 4.40. The minimum absolute atomic E-state index is 0.0653. The largest absolute Gasteiger partial charge is 0.361 e. The van der Waals surface area contributed by atoms with Gasteiger partial charge in [-0.1, -0.05) is 18.5 Å². The van der Waals surface area contributed by atoms with Crippen molar-refractivity contribution in [2.45, 2.75) is 59.9 Å². The Morgan fingerprint density at radius 1 is 1.33 bits per heavy atom. The SMILES string of the molecule is CCCCc1noc(C)c1/C=C/c1nc(C)c(C(=O)NC(C)C)s1. The fourth-order valence-corrected chi connectivity index (χ4v) is 3.22. The van der Waals surface area contributed by atoms with Crippen LogP contribution in [0.1, 0.15) is 71.0 Å². The van der Waals surface area contributed by atoms with Crippen molar-refractivity contribution in [2.24, 2.45) is 0 Å². The minimum atomic E-state index is -0.0653. The van der Waals surface area contributed by atoms with E-state index in [1.54, 1.807) is 0 Å². The van der Waals surface area contributed by atoms with Crippen LogP contribution in [0.5, 0.6) is 0 Å². The standard InChI is InChI=1S/C18H25N3O2S/c1-6-7-8-15-14(13(5)23-21-15)9-10-16-20-12(4)17(24-16)18(22)19-11(2)3/h9-11H,6-8H2,1-5H3,(H,19,22)/b10-9+. The second-order valence-electron chi connectivity index (χ2n) is 6.13. The summed E-state index contributed by atoms with van der Waals surface area (Å²) in [6, 6.07) is 0.110. The van der Waals surface area contributed by atoms with Gasteiger partial charge in [0.25, 0.3) is 5.91 Å². The Kier molecular flexibility index (Phi) is 6.31. The molecule has 0 bridgehead atoms. The Hall–Kier alpha value is -1.95. The quantitative estimate of drug-likeness (QED) is 0.806. The Bertz CT molecular complexity index is 729. The molecule has 2 heterocycles. The number of nitrogens with one attached hydrogen (secondary N) is 1. The molecule has 0 radical (unpaired) electrons. The summed E-state index contributed by atoms with van der Waals surface area (Å²) in [6.45, 7) is 9.82. The second kappa shape index (κ2) is 8.24. The van der Waals surface area contributed by atoms with Crippen molar-refractivity contribution in [1.82, 2.24) is 15.5 Å². The number of rotatable bonds is 7. The highest BCUT2D eigenvalue weighted by Gasteiger charge is 2.15. The van der Waals surface area contributed by atoms with Crippen molar-refractivity contribution in [3.05, 3.63) is 32.6 Å². The van der Waals surface area contributed by atoms with Gasteiger partial charge in [0.1, 0.15) is 15.6 Å². The van der Waals surface area contributed by atoms with Crippen molar-refractivity contribution in [3.63, 3.8) is 0 Å². The van der Waals surface area contributed by atoms with E-state index in [1.165, 1.54) is 11.3 Å². The van der Waals surface area contributed by atoms with E-state index in [1.807, 2.05) is 39.8 Å². The maximum atomic E-state index is 12.2. The van der Waals surface area contributed by atoms with Gasteiger partial charge in [-0.15, -0.1) is 11.3 Å². The number of nitrogens with zero attached hydrogens (tertiary/aromatic N) is 2. The molecule has 2 aromatic heterocycles. The van der Waals surface area contributed by atoms with Crippen molar-refractivity contribution >= 4 is 29.4 Å². The smallest absolute Gasteiger partial charge is 0.263 e.